The van der Waals surface area contributed by atoms with Crippen LogP contribution < -0.4 is 20.0 Å². The van der Waals surface area contributed by atoms with Crippen molar-refractivity contribution < 1.29 is 48.4 Å². The van der Waals surface area contributed by atoms with Crippen molar-refractivity contribution in [1.82, 2.24) is 58.5 Å². The number of carboxylic acid groups (broad SMARTS) is 2. The molecule has 25 nitrogen and oxygen atoms in total. The van der Waals surface area contributed by atoms with Crippen LogP contribution >= 0.6 is 0 Å². The van der Waals surface area contributed by atoms with Crippen molar-refractivity contribution in [2.24, 2.45) is 13.0 Å². The van der Waals surface area contributed by atoms with Gasteiger partial charge >= 0.3 is 30.2 Å². The monoisotopic (exact) mass is 1400 g/mol. The fourth-order valence-electron chi connectivity index (χ4n) is 16.2. The van der Waals surface area contributed by atoms with Gasteiger partial charge in [0.15, 0.2) is 0 Å². The second kappa shape index (κ2) is 31.0. The number of amides is 3. The molecule has 540 valence electrons. The summed E-state index contributed by atoms with van der Waals surface area (Å²) in [5.74, 6) is 2.71. The molecule has 0 unspecified atom stereocenters. The molecule has 2 saturated carbocycles. The number of benzene rings is 5. The van der Waals surface area contributed by atoms with Crippen LogP contribution in [0.15, 0.2) is 109 Å². The van der Waals surface area contributed by atoms with Crippen molar-refractivity contribution in [3.05, 3.63) is 172 Å². The van der Waals surface area contributed by atoms with E-state index in [2.05, 4.69) is 65.5 Å². The first kappa shape index (κ1) is 71.0. The summed E-state index contributed by atoms with van der Waals surface area (Å²) in [7, 11) is 6.23. The first-order valence-electron chi connectivity index (χ1n) is 36.2. The topological polar surface area (TPSA) is 277 Å². The fourth-order valence-corrected chi connectivity index (χ4v) is 16.2. The Morgan fingerprint density at radius 3 is 1.61 bits per heavy atom. The zero-order valence-corrected chi connectivity index (χ0v) is 60.1. The summed E-state index contributed by atoms with van der Waals surface area (Å²) in [5.41, 5.74) is 14.1. The summed E-state index contributed by atoms with van der Waals surface area (Å²) >= 11 is 0. The van der Waals surface area contributed by atoms with Crippen LogP contribution in [0.4, 0.5) is 31.4 Å². The van der Waals surface area contributed by atoms with Gasteiger partial charge in [-0.1, -0.05) is 67.8 Å². The predicted molar refractivity (Wildman–Crippen MR) is 392 cm³/mol. The Morgan fingerprint density at radius 2 is 1.09 bits per heavy atom. The zero-order chi connectivity index (χ0) is 72.2. The number of hydrogen-bond acceptors (Lipinski definition) is 15. The van der Waals surface area contributed by atoms with Crippen LogP contribution in [0.25, 0.3) is 33.1 Å². The number of aromatic nitrogens is 11. The first-order chi connectivity index (χ1) is 49.9. The van der Waals surface area contributed by atoms with Gasteiger partial charge in [0.2, 0.25) is 0 Å². The number of carbonyl (C=O) groups excluding carboxylic acids is 3. The number of carboxylic acids is 2. The summed E-state index contributed by atoms with van der Waals surface area (Å²) < 4.78 is 26.0. The number of aryl methyl sites for hydroxylation is 6. The lowest BCUT2D eigenvalue weighted by atomic mass is 9.94. The number of nitrogens with one attached hydrogen (secondary N) is 1. The second-order valence-electron chi connectivity index (χ2n) is 28.0. The Bertz CT molecular complexity index is 4740. The highest BCUT2D eigenvalue weighted by Crippen LogP contribution is 2.44. The third kappa shape index (κ3) is 14.4. The van der Waals surface area contributed by atoms with Crippen LogP contribution in [-0.4, -0.2) is 140 Å². The number of methoxy groups -OCH3 is 3. The van der Waals surface area contributed by atoms with E-state index in [-0.39, 0.29) is 48.4 Å². The number of ether oxygens (including phenoxy) is 3. The number of rotatable bonds is 16. The molecule has 10 aromatic rings. The molecule has 2 aliphatic carbocycles. The predicted octanol–water partition coefficient (Wildman–Crippen LogP) is 13.3. The number of imidazole rings is 3. The summed E-state index contributed by atoms with van der Waals surface area (Å²) in [4.78, 5) is 81.7. The first-order valence-corrected chi connectivity index (χ1v) is 36.2. The van der Waals surface area contributed by atoms with Crippen LogP contribution in [0.2, 0.25) is 0 Å². The lowest BCUT2D eigenvalue weighted by Crippen LogP contribution is -2.42. The maximum atomic E-state index is 12.6. The highest BCUT2D eigenvalue weighted by Gasteiger charge is 2.38. The molecule has 0 bridgehead atoms. The van der Waals surface area contributed by atoms with Gasteiger partial charge in [-0.15, -0.1) is 10.2 Å². The minimum atomic E-state index is -0.920. The standard InChI is InChI=1S/C27H31N3O4.C26H29N3O4.C25H33N9O2/c1-17-12-13-21-22(29(17)27(33)34-2)14-15-23-25(21)28-24(30(23)19-9-4-3-5-10-19)16-18-8-6-7-11-20(18)26(31)32;1-16-8-11-20-21(28(16)26(32)33-2)12-13-22-24(20)27-23(14-17-6-4-3-5-7-17)29(22)19-10-9-18(15-19)25(30)31;1-17-6-7-19-20(34(17)25(35)36-4)8-9-21-24(19)28-22(10-14-32-13-5-11-27-32)33(21)15-12-26-16-23-30-29-18(2)31(23)3/h6-8,11,14-15,17,19H,3-5,9-10,12-13,16H2,1-2H3,(H,31,32);3-7,12-13,16,18-19H,8-11,14-15H2,1-2H3,(H,30,31);5,8-9,11,13,17,26H,6-7,10,12,14-16H2,1-4H3/t17-;16-,18+,19+;17-/m000/s1. The lowest BCUT2D eigenvalue weighted by molar-refractivity contribution is -0.141. The Kier molecular flexibility index (Phi) is 21.4. The van der Waals surface area contributed by atoms with E-state index in [1.807, 2.05) is 104 Å². The molecule has 25 heteroatoms. The third-order valence-corrected chi connectivity index (χ3v) is 21.7. The van der Waals surface area contributed by atoms with Crippen molar-refractivity contribution in [3.8, 4) is 0 Å². The van der Waals surface area contributed by atoms with Crippen LogP contribution in [0.5, 0.6) is 0 Å². The number of nitrogens with zero attached hydrogens (tertiary/aromatic N) is 14. The minimum absolute atomic E-state index is 0.0550. The molecule has 15 rings (SSSR count). The van der Waals surface area contributed by atoms with E-state index in [9.17, 15) is 34.2 Å². The molecule has 8 heterocycles. The number of carbonyl (C=O) groups is 5. The van der Waals surface area contributed by atoms with Gasteiger partial charge in [0.25, 0.3) is 0 Å². The van der Waals surface area contributed by atoms with Crippen molar-refractivity contribution in [2.75, 3.05) is 42.6 Å². The minimum Gasteiger partial charge on any atom is -0.481 e. The van der Waals surface area contributed by atoms with Gasteiger partial charge in [0, 0.05) is 105 Å². The SMILES string of the molecule is COC(=O)N1c2ccc3c(nc(CCn4cccn4)n3CCNCc3nnc(C)n3C)c2CC[C@@H]1C.COC(=O)N1c2ccc3c(nc(Cc4ccccc4)n3[C@@H]3CC[C@@H](C(=O)O)C3)c2CC[C@@H]1C.COC(=O)N1c2ccc3c(nc(Cc4ccccc4C(=O)O)n3C3CCCCC3)c2CC[C@@H]1C. The summed E-state index contributed by atoms with van der Waals surface area (Å²) in [5, 5.41) is 35.5. The molecule has 5 aliphatic rings. The molecule has 3 aliphatic heterocycles. The molecule has 3 amide bonds. The van der Waals surface area contributed by atoms with Gasteiger partial charge in [0.05, 0.1) is 89.5 Å². The lowest BCUT2D eigenvalue weighted by Gasteiger charge is -2.34. The van der Waals surface area contributed by atoms with Crippen LogP contribution in [0.3, 0.4) is 0 Å². The van der Waals surface area contributed by atoms with E-state index < -0.39 is 11.9 Å². The van der Waals surface area contributed by atoms with E-state index >= 15 is 0 Å². The number of fused-ring (bicyclic) bond motifs is 9. The van der Waals surface area contributed by atoms with Crippen LogP contribution in [0, 0.1) is 12.8 Å². The van der Waals surface area contributed by atoms with E-state index in [0.717, 1.165) is 185 Å². The molecule has 0 radical (unpaired) electrons. The molecule has 5 aromatic heterocycles. The molecule has 5 aromatic carbocycles. The Labute approximate surface area is 598 Å². The van der Waals surface area contributed by atoms with E-state index in [0.29, 0.717) is 43.8 Å². The van der Waals surface area contributed by atoms with E-state index in [1.54, 1.807) is 33.0 Å². The van der Waals surface area contributed by atoms with Gasteiger partial charge in [-0.25, -0.2) is 34.1 Å². The highest BCUT2D eigenvalue weighted by molar-refractivity contribution is 5.98. The smallest absolute Gasteiger partial charge is 0.414 e. The zero-order valence-electron chi connectivity index (χ0n) is 60.1. The molecule has 0 saturated heterocycles. The van der Waals surface area contributed by atoms with Crippen molar-refractivity contribution in [3.63, 3.8) is 0 Å². The average Bonchev–Trinajstić information content (AvgIpc) is 1.64. The highest BCUT2D eigenvalue weighted by atomic mass is 16.6. The Morgan fingerprint density at radius 1 is 0.553 bits per heavy atom. The van der Waals surface area contributed by atoms with E-state index in [1.165, 1.54) is 46.2 Å². The number of aliphatic carboxylic acids is 1. The summed E-state index contributed by atoms with van der Waals surface area (Å²) in [6, 6.07) is 32.2. The van der Waals surface area contributed by atoms with Gasteiger partial charge < -0.3 is 48.0 Å². The quantitative estimate of drug-likeness (QED) is 0.0599. The third-order valence-electron chi connectivity index (χ3n) is 21.7. The van der Waals surface area contributed by atoms with Gasteiger partial charge in [-0.2, -0.15) is 5.10 Å². The average molecular weight is 1400 g/mol. The van der Waals surface area contributed by atoms with Gasteiger partial charge in [-0.05, 0) is 158 Å². The molecular formula is C78H93N15O10. The van der Waals surface area contributed by atoms with Gasteiger partial charge in [0.1, 0.15) is 29.1 Å². The van der Waals surface area contributed by atoms with Gasteiger partial charge in [-0.3, -0.25) is 24.2 Å². The molecule has 103 heavy (non-hydrogen) atoms. The molecule has 2 fully saturated rings. The van der Waals surface area contributed by atoms with Crippen molar-refractivity contribution in [2.45, 2.75) is 187 Å². The van der Waals surface area contributed by atoms with Crippen LogP contribution in [0.1, 0.15) is 171 Å². The second-order valence-corrected chi connectivity index (χ2v) is 28.0. The molecule has 0 spiro atoms. The van der Waals surface area contributed by atoms with Crippen LogP contribution in [-0.2, 0) is 84.2 Å². The number of hydrogen-bond donors (Lipinski definition) is 3. The normalized spacial score (nSPS) is 18.7. The summed E-state index contributed by atoms with van der Waals surface area (Å²) in [6.45, 7) is 11.0. The number of aromatic carboxylic acids is 1. The molecule has 5 atom stereocenters. The fraction of sp³-hybridized carbons (Fsp3) is 0.449. The Hall–Kier alpha value is -10.4. The molecular weight excluding hydrogens is 1310 g/mol. The maximum absolute atomic E-state index is 12.6. The number of anilines is 3. The molecule has 3 N–H and O–H groups in total. The largest absolute Gasteiger partial charge is 0.481 e. The van der Waals surface area contributed by atoms with Crippen molar-refractivity contribution in [1.29, 1.82) is 0 Å². The van der Waals surface area contributed by atoms with E-state index in [4.69, 9.17) is 29.2 Å². The van der Waals surface area contributed by atoms with Crippen molar-refractivity contribution >= 4 is 80.4 Å². The maximum Gasteiger partial charge on any atom is 0.414 e. The Balaban J connectivity index is 0.000000138. The summed E-state index contributed by atoms with van der Waals surface area (Å²) in [6.07, 6.45) is 17.7.